The van der Waals surface area contributed by atoms with Crippen LogP contribution in [-0.4, -0.2) is 51.0 Å². The minimum Gasteiger partial charge on any atom is -0.353 e. The molecule has 0 aliphatic carbocycles. The van der Waals surface area contributed by atoms with E-state index in [-0.39, 0.29) is 0 Å². The highest BCUT2D eigenvalue weighted by Gasteiger charge is 2.20. The summed E-state index contributed by atoms with van der Waals surface area (Å²) in [5.41, 5.74) is 2.10. The Kier molecular flexibility index (Phi) is 4.75. The first-order valence-corrected chi connectivity index (χ1v) is 9.19. The summed E-state index contributed by atoms with van der Waals surface area (Å²) in [5, 5.41) is 1.13. The standard InChI is InChI=1S/C20H24N6/c1-15(2)19-21-8-7-16(24-19)13-25-9-11-26(12-10-25)20-17-5-3-4-6-18(17)22-14-23-20/h3-8,14-15H,9-13H2,1-2H3. The largest absolute Gasteiger partial charge is 0.353 e. The molecule has 1 aliphatic heterocycles. The third-order valence-electron chi connectivity index (χ3n) is 4.83. The van der Waals surface area contributed by atoms with E-state index in [1.54, 1.807) is 6.33 Å². The minimum absolute atomic E-state index is 0.359. The molecule has 1 aliphatic rings. The number of para-hydroxylation sites is 1. The van der Waals surface area contributed by atoms with Crippen LogP contribution in [0.4, 0.5) is 5.82 Å². The second kappa shape index (κ2) is 7.33. The summed E-state index contributed by atoms with van der Waals surface area (Å²) in [5.74, 6) is 2.32. The van der Waals surface area contributed by atoms with Gasteiger partial charge < -0.3 is 4.90 Å². The predicted molar refractivity (Wildman–Crippen MR) is 103 cm³/mol. The molecular weight excluding hydrogens is 324 g/mol. The Morgan fingerprint density at radius 2 is 1.77 bits per heavy atom. The van der Waals surface area contributed by atoms with Crippen molar-refractivity contribution in [2.24, 2.45) is 0 Å². The molecule has 3 heterocycles. The molecule has 0 saturated carbocycles. The smallest absolute Gasteiger partial charge is 0.139 e. The van der Waals surface area contributed by atoms with Crippen LogP contribution in [0.25, 0.3) is 10.9 Å². The van der Waals surface area contributed by atoms with E-state index >= 15 is 0 Å². The molecule has 1 fully saturated rings. The lowest BCUT2D eigenvalue weighted by atomic mass is 10.2. The Labute approximate surface area is 153 Å². The third kappa shape index (κ3) is 3.51. The lowest BCUT2D eigenvalue weighted by molar-refractivity contribution is 0.246. The van der Waals surface area contributed by atoms with Gasteiger partial charge >= 0.3 is 0 Å². The molecule has 0 N–H and O–H groups in total. The summed E-state index contributed by atoms with van der Waals surface area (Å²) in [6.45, 7) is 9.05. The number of benzene rings is 1. The van der Waals surface area contributed by atoms with Crippen LogP contribution in [-0.2, 0) is 6.54 Å². The number of aromatic nitrogens is 4. The van der Waals surface area contributed by atoms with Gasteiger partial charge in [-0.15, -0.1) is 0 Å². The van der Waals surface area contributed by atoms with Crippen molar-refractivity contribution >= 4 is 16.7 Å². The van der Waals surface area contributed by atoms with Gasteiger partial charge in [0.15, 0.2) is 0 Å². The normalized spacial score (nSPS) is 15.7. The van der Waals surface area contributed by atoms with Crippen molar-refractivity contribution in [2.75, 3.05) is 31.1 Å². The third-order valence-corrected chi connectivity index (χ3v) is 4.83. The Morgan fingerprint density at radius 1 is 0.962 bits per heavy atom. The first-order valence-electron chi connectivity index (χ1n) is 9.19. The lowest BCUT2D eigenvalue weighted by Crippen LogP contribution is -2.46. The van der Waals surface area contributed by atoms with E-state index in [0.29, 0.717) is 5.92 Å². The monoisotopic (exact) mass is 348 g/mol. The molecule has 3 aromatic rings. The van der Waals surface area contributed by atoms with Gasteiger partial charge in [-0.05, 0) is 18.2 Å². The van der Waals surface area contributed by atoms with E-state index in [1.807, 2.05) is 30.5 Å². The Hall–Kier alpha value is -2.60. The Bertz CT molecular complexity index is 881. The second-order valence-corrected chi connectivity index (χ2v) is 7.04. The van der Waals surface area contributed by atoms with Crippen LogP contribution in [0, 0.1) is 0 Å². The first kappa shape index (κ1) is 16.8. The van der Waals surface area contributed by atoms with Crippen molar-refractivity contribution in [1.82, 2.24) is 24.8 Å². The number of rotatable bonds is 4. The number of anilines is 1. The van der Waals surface area contributed by atoms with E-state index in [4.69, 9.17) is 4.98 Å². The molecule has 4 rings (SSSR count). The van der Waals surface area contributed by atoms with Crippen LogP contribution in [0.5, 0.6) is 0 Å². The minimum atomic E-state index is 0.359. The van der Waals surface area contributed by atoms with Crippen molar-refractivity contribution in [3.63, 3.8) is 0 Å². The quantitative estimate of drug-likeness (QED) is 0.723. The zero-order chi connectivity index (χ0) is 17.9. The van der Waals surface area contributed by atoms with Gasteiger partial charge in [0, 0.05) is 50.2 Å². The van der Waals surface area contributed by atoms with Crippen LogP contribution in [0.15, 0.2) is 42.9 Å². The van der Waals surface area contributed by atoms with Crippen LogP contribution in [0.2, 0.25) is 0 Å². The van der Waals surface area contributed by atoms with Crippen molar-refractivity contribution in [3.8, 4) is 0 Å². The van der Waals surface area contributed by atoms with Crippen LogP contribution >= 0.6 is 0 Å². The maximum absolute atomic E-state index is 4.70. The maximum atomic E-state index is 4.70. The van der Waals surface area contributed by atoms with E-state index < -0.39 is 0 Å². The molecule has 0 spiro atoms. The zero-order valence-electron chi connectivity index (χ0n) is 15.3. The van der Waals surface area contributed by atoms with E-state index in [9.17, 15) is 0 Å². The molecule has 6 nitrogen and oxygen atoms in total. The number of hydrogen-bond acceptors (Lipinski definition) is 6. The van der Waals surface area contributed by atoms with Crippen molar-refractivity contribution in [3.05, 3.63) is 54.4 Å². The fourth-order valence-electron chi connectivity index (χ4n) is 3.37. The number of fused-ring (bicyclic) bond motifs is 1. The summed E-state index contributed by atoms with van der Waals surface area (Å²) < 4.78 is 0. The molecule has 0 amide bonds. The Morgan fingerprint density at radius 3 is 2.58 bits per heavy atom. The Balaban J connectivity index is 1.43. The predicted octanol–water partition coefficient (Wildman–Crippen LogP) is 2.87. The highest BCUT2D eigenvalue weighted by atomic mass is 15.3. The molecule has 0 unspecified atom stereocenters. The van der Waals surface area contributed by atoms with Crippen molar-refractivity contribution in [2.45, 2.75) is 26.3 Å². The average Bonchev–Trinajstić information content (AvgIpc) is 2.68. The molecule has 26 heavy (non-hydrogen) atoms. The van der Waals surface area contributed by atoms with Gasteiger partial charge in [0.05, 0.1) is 11.2 Å². The summed E-state index contributed by atoms with van der Waals surface area (Å²) in [4.78, 5) is 22.8. The SMILES string of the molecule is CC(C)c1nccc(CN2CCN(c3ncnc4ccccc34)CC2)n1. The molecule has 6 heteroatoms. The average molecular weight is 348 g/mol. The summed E-state index contributed by atoms with van der Waals surface area (Å²) in [6, 6.07) is 10.2. The molecule has 134 valence electrons. The molecule has 2 aromatic heterocycles. The molecule has 0 bridgehead atoms. The number of piperazine rings is 1. The van der Waals surface area contributed by atoms with Gasteiger partial charge in [0.25, 0.3) is 0 Å². The first-order chi connectivity index (χ1) is 12.7. The number of hydrogen-bond donors (Lipinski definition) is 0. The van der Waals surface area contributed by atoms with E-state index in [1.165, 1.54) is 0 Å². The van der Waals surface area contributed by atoms with E-state index in [2.05, 4.69) is 44.7 Å². The van der Waals surface area contributed by atoms with Crippen molar-refractivity contribution in [1.29, 1.82) is 0 Å². The number of nitrogens with zero attached hydrogens (tertiary/aromatic N) is 6. The van der Waals surface area contributed by atoms with Gasteiger partial charge in [-0.2, -0.15) is 0 Å². The molecule has 0 radical (unpaired) electrons. The summed E-state index contributed by atoms with van der Waals surface area (Å²) >= 11 is 0. The van der Waals surface area contributed by atoms with Crippen molar-refractivity contribution < 1.29 is 0 Å². The second-order valence-electron chi connectivity index (χ2n) is 7.04. The van der Waals surface area contributed by atoms with E-state index in [0.717, 1.165) is 61.0 Å². The zero-order valence-corrected chi connectivity index (χ0v) is 15.3. The fraction of sp³-hybridized carbons (Fsp3) is 0.400. The van der Waals surface area contributed by atoms with Gasteiger partial charge in [-0.3, -0.25) is 4.90 Å². The molecular formula is C20H24N6. The maximum Gasteiger partial charge on any atom is 0.139 e. The highest BCUT2D eigenvalue weighted by molar-refractivity contribution is 5.89. The fourth-order valence-corrected chi connectivity index (χ4v) is 3.37. The molecule has 0 atom stereocenters. The topological polar surface area (TPSA) is 58.0 Å². The van der Waals surface area contributed by atoms with Crippen LogP contribution < -0.4 is 4.90 Å². The summed E-state index contributed by atoms with van der Waals surface area (Å²) in [6.07, 6.45) is 3.54. The lowest BCUT2D eigenvalue weighted by Gasteiger charge is -2.35. The van der Waals surface area contributed by atoms with Crippen LogP contribution in [0.3, 0.4) is 0 Å². The van der Waals surface area contributed by atoms with Gasteiger partial charge in [0.1, 0.15) is 18.0 Å². The highest BCUT2D eigenvalue weighted by Crippen LogP contribution is 2.23. The molecule has 1 aromatic carbocycles. The van der Waals surface area contributed by atoms with Gasteiger partial charge in [0.2, 0.25) is 0 Å². The van der Waals surface area contributed by atoms with Gasteiger partial charge in [-0.25, -0.2) is 19.9 Å². The molecule has 1 saturated heterocycles. The van der Waals surface area contributed by atoms with Crippen LogP contribution in [0.1, 0.15) is 31.3 Å². The van der Waals surface area contributed by atoms with Gasteiger partial charge in [-0.1, -0.05) is 26.0 Å². The summed E-state index contributed by atoms with van der Waals surface area (Å²) in [7, 11) is 0.